The highest BCUT2D eigenvalue weighted by Crippen LogP contribution is 2.23. The van der Waals surface area contributed by atoms with E-state index in [4.69, 9.17) is 0 Å². The minimum atomic E-state index is 0.881. The molecule has 100 valence electrons. The summed E-state index contributed by atoms with van der Waals surface area (Å²) >= 11 is 0. The average Bonchev–Trinajstić information content (AvgIpc) is 2.65. The summed E-state index contributed by atoms with van der Waals surface area (Å²) in [6, 6.07) is 0. The second kappa shape index (κ2) is 6.57. The van der Waals surface area contributed by atoms with Gasteiger partial charge in [-0.05, 0) is 32.1 Å². The van der Waals surface area contributed by atoms with Crippen LogP contribution in [-0.2, 0) is 0 Å². The van der Waals surface area contributed by atoms with E-state index in [2.05, 4.69) is 34.0 Å². The molecule has 4 nitrogen and oxygen atoms in total. The standard InChI is InChI=1S/C14H24N4/c1-3-12-6-5-8-18(9-7-12)14-11-15-10-13(17-14)16-4-2/h10-12H,3-9H2,1-2H3,(H,16,17). The SMILES string of the molecule is CCNc1cncc(N2CCCC(CC)CC2)n1. The Bertz CT molecular complexity index is 367. The molecule has 4 heteroatoms. The first-order valence-corrected chi connectivity index (χ1v) is 7.14. The van der Waals surface area contributed by atoms with E-state index in [9.17, 15) is 0 Å². The fraction of sp³-hybridized carbons (Fsp3) is 0.714. The second-order valence-electron chi connectivity index (χ2n) is 4.99. The Hall–Kier alpha value is -1.32. The van der Waals surface area contributed by atoms with E-state index in [1.807, 2.05) is 6.20 Å². The molecule has 0 saturated carbocycles. The summed E-state index contributed by atoms with van der Waals surface area (Å²) in [6.45, 7) is 7.48. The number of anilines is 2. The van der Waals surface area contributed by atoms with Crippen LogP contribution in [0.15, 0.2) is 12.4 Å². The van der Waals surface area contributed by atoms with Gasteiger partial charge in [0.15, 0.2) is 0 Å². The van der Waals surface area contributed by atoms with Gasteiger partial charge in [-0.25, -0.2) is 4.98 Å². The van der Waals surface area contributed by atoms with E-state index in [0.29, 0.717) is 0 Å². The van der Waals surface area contributed by atoms with E-state index in [1.54, 1.807) is 6.20 Å². The van der Waals surface area contributed by atoms with Crippen LogP contribution in [0.4, 0.5) is 11.6 Å². The summed E-state index contributed by atoms with van der Waals surface area (Å²) in [7, 11) is 0. The molecular weight excluding hydrogens is 224 g/mol. The number of nitrogens with one attached hydrogen (secondary N) is 1. The zero-order chi connectivity index (χ0) is 12.8. The van der Waals surface area contributed by atoms with Crippen LogP contribution in [0.1, 0.15) is 39.5 Å². The summed E-state index contributed by atoms with van der Waals surface area (Å²) < 4.78 is 0. The van der Waals surface area contributed by atoms with Crippen molar-refractivity contribution in [2.75, 3.05) is 29.9 Å². The topological polar surface area (TPSA) is 41.1 Å². The minimum Gasteiger partial charge on any atom is -0.369 e. The fourth-order valence-corrected chi connectivity index (χ4v) is 2.58. The third-order valence-corrected chi connectivity index (χ3v) is 3.73. The summed E-state index contributed by atoms with van der Waals surface area (Å²) in [5, 5.41) is 3.22. The number of rotatable bonds is 4. The molecule has 1 aromatic rings. The second-order valence-corrected chi connectivity index (χ2v) is 4.99. The number of aromatic nitrogens is 2. The average molecular weight is 248 g/mol. The van der Waals surface area contributed by atoms with Crippen molar-refractivity contribution in [2.24, 2.45) is 5.92 Å². The maximum atomic E-state index is 4.63. The minimum absolute atomic E-state index is 0.881. The van der Waals surface area contributed by atoms with Crippen molar-refractivity contribution in [1.82, 2.24) is 9.97 Å². The molecule has 0 radical (unpaired) electrons. The molecule has 1 atom stereocenters. The Kier molecular flexibility index (Phi) is 4.79. The molecule has 18 heavy (non-hydrogen) atoms. The Balaban J connectivity index is 2.03. The summed E-state index contributed by atoms with van der Waals surface area (Å²) in [4.78, 5) is 11.3. The van der Waals surface area contributed by atoms with Gasteiger partial charge in [0, 0.05) is 19.6 Å². The molecule has 1 aromatic heterocycles. The normalized spacial score (nSPS) is 20.6. The largest absolute Gasteiger partial charge is 0.369 e. The molecule has 1 aliphatic heterocycles. The lowest BCUT2D eigenvalue weighted by Gasteiger charge is -2.21. The quantitative estimate of drug-likeness (QED) is 0.889. The van der Waals surface area contributed by atoms with Crippen molar-refractivity contribution in [3.63, 3.8) is 0 Å². The van der Waals surface area contributed by atoms with Crippen LogP contribution in [0.3, 0.4) is 0 Å². The first-order valence-electron chi connectivity index (χ1n) is 7.14. The van der Waals surface area contributed by atoms with Gasteiger partial charge in [-0.1, -0.05) is 13.3 Å². The van der Waals surface area contributed by atoms with Crippen LogP contribution < -0.4 is 10.2 Å². The predicted octanol–water partition coefficient (Wildman–Crippen LogP) is 2.92. The molecule has 2 heterocycles. The monoisotopic (exact) mass is 248 g/mol. The molecular formula is C14H24N4. The van der Waals surface area contributed by atoms with E-state index >= 15 is 0 Å². The van der Waals surface area contributed by atoms with Crippen LogP contribution in [0, 0.1) is 5.92 Å². The molecule has 0 amide bonds. The van der Waals surface area contributed by atoms with Gasteiger partial charge in [0.1, 0.15) is 11.6 Å². The third kappa shape index (κ3) is 3.34. The van der Waals surface area contributed by atoms with Crippen LogP contribution in [-0.4, -0.2) is 29.6 Å². The number of hydrogen-bond donors (Lipinski definition) is 1. The van der Waals surface area contributed by atoms with Crippen molar-refractivity contribution in [3.8, 4) is 0 Å². The van der Waals surface area contributed by atoms with Gasteiger partial charge < -0.3 is 10.2 Å². The Labute approximate surface area is 110 Å². The van der Waals surface area contributed by atoms with Crippen LogP contribution in [0.2, 0.25) is 0 Å². The maximum absolute atomic E-state index is 4.63. The van der Waals surface area contributed by atoms with E-state index < -0.39 is 0 Å². The van der Waals surface area contributed by atoms with Gasteiger partial charge in [-0.3, -0.25) is 4.98 Å². The lowest BCUT2D eigenvalue weighted by Crippen LogP contribution is -2.25. The number of hydrogen-bond acceptors (Lipinski definition) is 4. The van der Waals surface area contributed by atoms with Crippen molar-refractivity contribution in [1.29, 1.82) is 0 Å². The number of nitrogens with zero attached hydrogens (tertiary/aromatic N) is 3. The van der Waals surface area contributed by atoms with Gasteiger partial charge >= 0.3 is 0 Å². The molecule has 0 aromatic carbocycles. The summed E-state index contributed by atoms with van der Waals surface area (Å²) in [6.07, 6.45) is 8.88. The molecule has 0 aliphatic carbocycles. The smallest absolute Gasteiger partial charge is 0.149 e. The molecule has 0 spiro atoms. The highest BCUT2D eigenvalue weighted by molar-refractivity contribution is 5.43. The highest BCUT2D eigenvalue weighted by atomic mass is 15.2. The Morgan fingerprint density at radius 3 is 2.94 bits per heavy atom. The first-order chi connectivity index (χ1) is 8.83. The van der Waals surface area contributed by atoms with Crippen LogP contribution >= 0.6 is 0 Å². The predicted molar refractivity (Wildman–Crippen MR) is 76.0 cm³/mol. The van der Waals surface area contributed by atoms with Crippen molar-refractivity contribution < 1.29 is 0 Å². The summed E-state index contributed by atoms with van der Waals surface area (Å²) in [5.41, 5.74) is 0. The first kappa shape index (κ1) is 13.1. The van der Waals surface area contributed by atoms with Gasteiger partial charge in [-0.15, -0.1) is 0 Å². The lowest BCUT2D eigenvalue weighted by atomic mass is 9.98. The van der Waals surface area contributed by atoms with E-state index in [1.165, 1.54) is 25.7 Å². The van der Waals surface area contributed by atoms with Gasteiger partial charge in [0.2, 0.25) is 0 Å². The molecule has 1 unspecified atom stereocenters. The van der Waals surface area contributed by atoms with E-state index in [0.717, 1.165) is 37.2 Å². The van der Waals surface area contributed by atoms with E-state index in [-0.39, 0.29) is 0 Å². The van der Waals surface area contributed by atoms with Gasteiger partial charge in [0.25, 0.3) is 0 Å². The highest BCUT2D eigenvalue weighted by Gasteiger charge is 2.17. The zero-order valence-corrected chi connectivity index (χ0v) is 11.5. The Morgan fingerprint density at radius 1 is 1.28 bits per heavy atom. The molecule has 2 rings (SSSR count). The molecule has 1 N–H and O–H groups in total. The molecule has 1 saturated heterocycles. The van der Waals surface area contributed by atoms with Crippen LogP contribution in [0.25, 0.3) is 0 Å². The zero-order valence-electron chi connectivity index (χ0n) is 11.5. The van der Waals surface area contributed by atoms with Crippen LogP contribution in [0.5, 0.6) is 0 Å². The van der Waals surface area contributed by atoms with Crippen molar-refractivity contribution >= 4 is 11.6 Å². The lowest BCUT2D eigenvalue weighted by molar-refractivity contribution is 0.459. The van der Waals surface area contributed by atoms with Gasteiger partial charge in [-0.2, -0.15) is 0 Å². The van der Waals surface area contributed by atoms with Gasteiger partial charge in [0.05, 0.1) is 12.4 Å². The van der Waals surface area contributed by atoms with Crippen molar-refractivity contribution in [3.05, 3.63) is 12.4 Å². The maximum Gasteiger partial charge on any atom is 0.149 e. The molecule has 0 bridgehead atoms. The summed E-state index contributed by atoms with van der Waals surface area (Å²) in [5.74, 6) is 2.79. The third-order valence-electron chi connectivity index (χ3n) is 3.73. The molecule has 1 aliphatic rings. The fourth-order valence-electron chi connectivity index (χ4n) is 2.58. The van der Waals surface area contributed by atoms with Crippen molar-refractivity contribution in [2.45, 2.75) is 39.5 Å². The molecule has 1 fully saturated rings. The Morgan fingerprint density at radius 2 is 2.17 bits per heavy atom.